The highest BCUT2D eigenvalue weighted by atomic mass is 32.2. The van der Waals surface area contributed by atoms with Gasteiger partial charge in [0.05, 0.1) is 41.5 Å². The molecule has 0 bridgehead atoms. The van der Waals surface area contributed by atoms with E-state index in [1.165, 1.54) is 12.4 Å². The third-order valence-corrected chi connectivity index (χ3v) is 7.65. The highest BCUT2D eigenvalue weighted by Crippen LogP contribution is 2.30. The lowest BCUT2D eigenvalue weighted by Crippen LogP contribution is -2.17. The van der Waals surface area contributed by atoms with Crippen molar-refractivity contribution in [1.29, 1.82) is 0 Å². The van der Waals surface area contributed by atoms with E-state index < -0.39 is 10.0 Å². The maximum Gasteiger partial charge on any atom is 0.256 e. The Balaban J connectivity index is 1.40. The molecule has 0 unspecified atom stereocenters. The van der Waals surface area contributed by atoms with E-state index in [4.69, 9.17) is 4.74 Å². The van der Waals surface area contributed by atoms with Crippen LogP contribution in [0.4, 0.5) is 17.6 Å². The molecule has 5 rings (SSSR count). The molecule has 4 aromatic rings. The van der Waals surface area contributed by atoms with Crippen LogP contribution >= 0.6 is 0 Å². The summed E-state index contributed by atoms with van der Waals surface area (Å²) in [5, 5.41) is 10.2. The van der Waals surface area contributed by atoms with Crippen LogP contribution in [-0.4, -0.2) is 67.6 Å². The topological polar surface area (TPSA) is 142 Å². The number of nitrogens with one attached hydrogen (secondary N) is 2. The van der Waals surface area contributed by atoms with E-state index in [-0.39, 0.29) is 11.3 Å². The second kappa shape index (κ2) is 9.23. The van der Waals surface area contributed by atoms with Crippen LogP contribution in [0.2, 0.25) is 0 Å². The second-order valence-corrected chi connectivity index (χ2v) is 10.7. The zero-order valence-corrected chi connectivity index (χ0v) is 20.5. The minimum atomic E-state index is -3.45. The van der Waals surface area contributed by atoms with Gasteiger partial charge in [0.15, 0.2) is 5.82 Å². The van der Waals surface area contributed by atoms with Crippen LogP contribution in [-0.2, 0) is 14.8 Å². The van der Waals surface area contributed by atoms with Gasteiger partial charge in [0, 0.05) is 32.0 Å². The Morgan fingerprint density at radius 1 is 1.17 bits per heavy atom. The van der Waals surface area contributed by atoms with Gasteiger partial charge in [-0.15, -0.1) is 0 Å². The van der Waals surface area contributed by atoms with E-state index in [0.717, 1.165) is 21.1 Å². The fourth-order valence-electron chi connectivity index (χ4n) is 3.76. The van der Waals surface area contributed by atoms with Crippen molar-refractivity contribution in [2.45, 2.75) is 38.0 Å². The van der Waals surface area contributed by atoms with Crippen molar-refractivity contribution >= 4 is 38.6 Å². The third kappa shape index (κ3) is 4.68. The quantitative estimate of drug-likeness (QED) is 0.314. The molecule has 0 spiro atoms. The predicted molar refractivity (Wildman–Crippen MR) is 132 cm³/mol. The molecule has 184 valence electrons. The number of pyridine rings is 1. The smallest absolute Gasteiger partial charge is 0.256 e. The molecule has 1 fully saturated rings. The summed E-state index contributed by atoms with van der Waals surface area (Å²) in [4.78, 5) is 18.0. The standard InChI is InChI=1S/C22H27N9O3S/c1-14(2)31-18-10-20(25-12-17(18)27-22(31)24-8-9-34-3)28-19-6-7-23-21(29-19)15-11-26-30(13-15)35(32,33)16-4-5-16/h6-7,10-14,16H,4-5,8-9H2,1-3H3,(H,24,27)(H,23,25,28,29). The molecular formula is C22H27N9O3S. The largest absolute Gasteiger partial charge is 0.383 e. The molecule has 1 aliphatic rings. The summed E-state index contributed by atoms with van der Waals surface area (Å²) in [6.07, 6.45) is 7.58. The number of rotatable bonds is 10. The molecule has 0 amide bonds. The highest BCUT2D eigenvalue weighted by molar-refractivity contribution is 7.90. The van der Waals surface area contributed by atoms with Crippen molar-refractivity contribution in [1.82, 2.24) is 33.7 Å². The summed E-state index contributed by atoms with van der Waals surface area (Å²) < 4.78 is 33.1. The number of aromatic nitrogens is 7. The van der Waals surface area contributed by atoms with Crippen LogP contribution in [0.1, 0.15) is 32.7 Å². The Morgan fingerprint density at radius 3 is 2.74 bits per heavy atom. The predicted octanol–water partition coefficient (Wildman–Crippen LogP) is 2.81. The Kier molecular flexibility index (Phi) is 6.11. The normalized spacial score (nSPS) is 14.1. The van der Waals surface area contributed by atoms with Gasteiger partial charge in [0.2, 0.25) is 5.95 Å². The van der Waals surface area contributed by atoms with Gasteiger partial charge in [-0.05, 0) is 32.8 Å². The van der Waals surface area contributed by atoms with E-state index in [1.54, 1.807) is 25.6 Å². The molecule has 0 aromatic carbocycles. The van der Waals surface area contributed by atoms with E-state index in [1.807, 2.05) is 6.07 Å². The zero-order chi connectivity index (χ0) is 24.6. The maximum absolute atomic E-state index is 12.4. The molecule has 4 heterocycles. The average Bonchev–Trinajstić information content (AvgIpc) is 3.46. The maximum atomic E-state index is 12.4. The van der Waals surface area contributed by atoms with Crippen molar-refractivity contribution in [3.05, 3.63) is 36.9 Å². The van der Waals surface area contributed by atoms with Crippen molar-refractivity contribution in [3.8, 4) is 11.4 Å². The molecule has 0 saturated heterocycles. The van der Waals surface area contributed by atoms with E-state index in [2.05, 4.69) is 54.1 Å². The van der Waals surface area contributed by atoms with Gasteiger partial charge in [-0.3, -0.25) is 0 Å². The van der Waals surface area contributed by atoms with Crippen LogP contribution in [0.3, 0.4) is 0 Å². The van der Waals surface area contributed by atoms with E-state index in [9.17, 15) is 8.42 Å². The van der Waals surface area contributed by atoms with Gasteiger partial charge in [-0.1, -0.05) is 0 Å². The Labute approximate surface area is 202 Å². The van der Waals surface area contributed by atoms with E-state index >= 15 is 0 Å². The summed E-state index contributed by atoms with van der Waals surface area (Å²) in [5.41, 5.74) is 2.22. The van der Waals surface area contributed by atoms with Crippen molar-refractivity contribution in [3.63, 3.8) is 0 Å². The fourth-order valence-corrected chi connectivity index (χ4v) is 5.23. The molecule has 2 N–H and O–H groups in total. The van der Waals surface area contributed by atoms with Gasteiger partial charge in [-0.25, -0.2) is 28.4 Å². The summed E-state index contributed by atoms with van der Waals surface area (Å²) in [6.45, 7) is 5.41. The molecule has 35 heavy (non-hydrogen) atoms. The first-order valence-corrected chi connectivity index (χ1v) is 12.9. The number of fused-ring (bicyclic) bond motifs is 1. The number of hydrogen-bond acceptors (Lipinski definition) is 10. The summed E-state index contributed by atoms with van der Waals surface area (Å²) in [6, 6.07) is 3.82. The summed E-state index contributed by atoms with van der Waals surface area (Å²) in [5.74, 6) is 2.24. The van der Waals surface area contributed by atoms with Crippen LogP contribution in [0.25, 0.3) is 22.4 Å². The number of imidazole rings is 1. The molecule has 12 nitrogen and oxygen atoms in total. The first-order valence-electron chi connectivity index (χ1n) is 11.4. The number of methoxy groups -OCH3 is 1. The van der Waals surface area contributed by atoms with Crippen LogP contribution in [0.5, 0.6) is 0 Å². The first kappa shape index (κ1) is 23.2. The molecule has 4 aromatic heterocycles. The van der Waals surface area contributed by atoms with Crippen molar-refractivity contribution < 1.29 is 13.2 Å². The lowest BCUT2D eigenvalue weighted by Gasteiger charge is -2.14. The SMILES string of the molecule is COCCNc1nc2cnc(Nc3ccnc(-c4cnn(S(=O)(=O)C5CC5)c4)n3)cc2n1C(C)C. The zero-order valence-electron chi connectivity index (χ0n) is 19.7. The van der Waals surface area contributed by atoms with Crippen LogP contribution in [0.15, 0.2) is 36.9 Å². The van der Waals surface area contributed by atoms with Gasteiger partial charge in [-0.2, -0.15) is 9.19 Å². The Morgan fingerprint density at radius 2 is 2.00 bits per heavy atom. The first-order chi connectivity index (χ1) is 16.9. The Hall–Kier alpha value is -3.58. The van der Waals surface area contributed by atoms with E-state index in [0.29, 0.717) is 49.0 Å². The number of anilines is 3. The number of nitrogens with zero attached hydrogens (tertiary/aromatic N) is 7. The van der Waals surface area contributed by atoms with Gasteiger partial charge in [0.1, 0.15) is 17.2 Å². The molecule has 0 aliphatic heterocycles. The van der Waals surface area contributed by atoms with Crippen LogP contribution < -0.4 is 10.6 Å². The number of hydrogen-bond donors (Lipinski definition) is 2. The highest BCUT2D eigenvalue weighted by Gasteiger charge is 2.37. The second-order valence-electron chi connectivity index (χ2n) is 8.61. The number of ether oxygens (including phenoxy) is 1. The molecule has 0 radical (unpaired) electrons. The van der Waals surface area contributed by atoms with Crippen LogP contribution in [0, 0.1) is 0 Å². The van der Waals surface area contributed by atoms with Gasteiger partial charge < -0.3 is 19.9 Å². The average molecular weight is 498 g/mol. The molecular weight excluding hydrogens is 470 g/mol. The molecule has 13 heteroatoms. The van der Waals surface area contributed by atoms with Gasteiger partial charge >= 0.3 is 0 Å². The summed E-state index contributed by atoms with van der Waals surface area (Å²) in [7, 11) is -1.78. The minimum absolute atomic E-state index is 0.175. The fraction of sp³-hybridized carbons (Fsp3) is 0.409. The molecule has 1 saturated carbocycles. The van der Waals surface area contributed by atoms with Crippen molar-refractivity contribution in [2.24, 2.45) is 0 Å². The lowest BCUT2D eigenvalue weighted by molar-refractivity contribution is 0.210. The third-order valence-electron chi connectivity index (χ3n) is 5.62. The van der Waals surface area contributed by atoms with Crippen molar-refractivity contribution in [2.75, 3.05) is 30.9 Å². The Bertz CT molecular complexity index is 1460. The molecule has 0 atom stereocenters. The molecule has 1 aliphatic carbocycles. The monoisotopic (exact) mass is 497 g/mol. The lowest BCUT2D eigenvalue weighted by atomic mass is 10.3. The summed E-state index contributed by atoms with van der Waals surface area (Å²) >= 11 is 0. The minimum Gasteiger partial charge on any atom is -0.383 e. The van der Waals surface area contributed by atoms with Gasteiger partial charge in [0.25, 0.3) is 10.0 Å².